The predicted octanol–water partition coefficient (Wildman–Crippen LogP) is 5.19. The molecular weight excluding hydrogens is 396 g/mol. The molecule has 1 amide bonds. The third-order valence-electron chi connectivity index (χ3n) is 5.61. The molecule has 6 heteroatoms. The highest BCUT2D eigenvalue weighted by Crippen LogP contribution is 2.30. The van der Waals surface area contributed by atoms with Crippen LogP contribution in [0.4, 0.5) is 0 Å². The number of aromatic nitrogens is 1. The number of amides is 1. The molecule has 0 bridgehead atoms. The first-order chi connectivity index (χ1) is 14.4. The highest BCUT2D eigenvalue weighted by atomic mass is 32.1. The molecule has 0 saturated heterocycles. The third-order valence-corrected chi connectivity index (χ3v) is 6.81. The average molecular weight is 425 g/mol. The number of carbonyl (C=O) groups is 2. The van der Waals surface area contributed by atoms with Gasteiger partial charge in [0.1, 0.15) is 5.01 Å². The van der Waals surface area contributed by atoms with Gasteiger partial charge in [-0.25, -0.2) is 4.98 Å². The second-order valence-electron chi connectivity index (χ2n) is 7.58. The number of rotatable bonds is 8. The molecule has 3 rings (SSSR count). The summed E-state index contributed by atoms with van der Waals surface area (Å²) in [7, 11) is 1.72. The molecule has 5 nitrogen and oxygen atoms in total. The van der Waals surface area contributed by atoms with E-state index in [0.717, 1.165) is 27.2 Å². The van der Waals surface area contributed by atoms with Gasteiger partial charge in [-0.3, -0.25) is 9.59 Å². The molecule has 0 spiro atoms. The summed E-state index contributed by atoms with van der Waals surface area (Å²) in [4.78, 5) is 31.7. The monoisotopic (exact) mass is 424 g/mol. The van der Waals surface area contributed by atoms with E-state index in [4.69, 9.17) is 4.74 Å². The number of carbonyl (C=O) groups excluding carboxylic acids is 2. The molecule has 1 heterocycles. The summed E-state index contributed by atoms with van der Waals surface area (Å²) in [5.41, 5.74) is 1.84. The number of esters is 1. The van der Waals surface area contributed by atoms with E-state index >= 15 is 0 Å². The fourth-order valence-electron chi connectivity index (χ4n) is 3.37. The number of thiazole rings is 1. The van der Waals surface area contributed by atoms with Crippen LogP contribution in [0.15, 0.2) is 54.6 Å². The first-order valence-electron chi connectivity index (χ1n) is 10.2. The third kappa shape index (κ3) is 4.87. The molecule has 158 valence electrons. The van der Waals surface area contributed by atoms with Gasteiger partial charge in [-0.05, 0) is 30.5 Å². The van der Waals surface area contributed by atoms with E-state index in [0.29, 0.717) is 0 Å². The lowest BCUT2D eigenvalue weighted by molar-refractivity contribution is -0.154. The molecule has 1 aromatic heterocycles. The molecule has 3 atom stereocenters. The van der Waals surface area contributed by atoms with Gasteiger partial charge >= 0.3 is 5.97 Å². The van der Waals surface area contributed by atoms with Crippen molar-refractivity contribution in [2.75, 3.05) is 13.7 Å². The van der Waals surface area contributed by atoms with Crippen LogP contribution in [0.2, 0.25) is 0 Å². The minimum absolute atomic E-state index is 0.120. The van der Waals surface area contributed by atoms with Crippen molar-refractivity contribution < 1.29 is 14.3 Å². The van der Waals surface area contributed by atoms with Crippen LogP contribution in [-0.2, 0) is 14.3 Å². The number of likely N-dealkylation sites (N-methyl/N-ethyl adjacent to an activating group) is 1. The van der Waals surface area contributed by atoms with Crippen molar-refractivity contribution in [2.45, 2.75) is 39.2 Å². The molecule has 0 aliphatic rings. The Hall–Kier alpha value is -2.73. The number of fused-ring (bicyclic) bond motifs is 1. The number of hydrogen-bond donors (Lipinski definition) is 0. The molecule has 0 N–H and O–H groups in total. The van der Waals surface area contributed by atoms with E-state index in [1.807, 2.05) is 75.4 Å². The SMILES string of the molecule is CC[C@@H](C)[C@H](C(=O)OCC(=O)N(C)[C@@H](C)c1nc2ccccc2s1)c1ccccc1. The lowest BCUT2D eigenvalue weighted by Gasteiger charge is -2.25. The van der Waals surface area contributed by atoms with E-state index < -0.39 is 0 Å². The summed E-state index contributed by atoms with van der Waals surface area (Å²) in [6, 6.07) is 17.3. The second kappa shape index (κ2) is 9.85. The first-order valence-corrected chi connectivity index (χ1v) is 11.1. The van der Waals surface area contributed by atoms with Crippen LogP contribution in [0.5, 0.6) is 0 Å². The van der Waals surface area contributed by atoms with Crippen LogP contribution in [-0.4, -0.2) is 35.4 Å². The van der Waals surface area contributed by atoms with Gasteiger partial charge in [0.25, 0.3) is 5.91 Å². The summed E-state index contributed by atoms with van der Waals surface area (Å²) in [6.45, 7) is 5.74. The largest absolute Gasteiger partial charge is 0.455 e. The maximum atomic E-state index is 12.8. The lowest BCUT2D eigenvalue weighted by atomic mass is 9.86. The fourth-order valence-corrected chi connectivity index (χ4v) is 4.43. The van der Waals surface area contributed by atoms with Crippen molar-refractivity contribution in [3.63, 3.8) is 0 Å². The summed E-state index contributed by atoms with van der Waals surface area (Å²) in [5.74, 6) is -0.860. The van der Waals surface area contributed by atoms with Crippen molar-refractivity contribution in [2.24, 2.45) is 5.92 Å². The molecule has 0 unspecified atom stereocenters. The van der Waals surface area contributed by atoms with E-state index in [-0.39, 0.29) is 36.4 Å². The van der Waals surface area contributed by atoms with Crippen LogP contribution in [0.1, 0.15) is 49.7 Å². The van der Waals surface area contributed by atoms with Gasteiger partial charge in [0.15, 0.2) is 6.61 Å². The zero-order chi connectivity index (χ0) is 21.7. The Morgan fingerprint density at radius 3 is 2.40 bits per heavy atom. The zero-order valence-corrected chi connectivity index (χ0v) is 18.7. The normalized spacial score (nSPS) is 14.1. The van der Waals surface area contributed by atoms with E-state index in [9.17, 15) is 9.59 Å². The van der Waals surface area contributed by atoms with Gasteiger partial charge in [0.05, 0.1) is 22.2 Å². The highest BCUT2D eigenvalue weighted by Gasteiger charge is 2.29. The quantitative estimate of drug-likeness (QED) is 0.467. The lowest BCUT2D eigenvalue weighted by Crippen LogP contribution is -2.34. The highest BCUT2D eigenvalue weighted by molar-refractivity contribution is 7.18. The number of nitrogens with zero attached hydrogens (tertiary/aromatic N) is 2. The number of benzene rings is 2. The summed E-state index contributed by atoms with van der Waals surface area (Å²) in [6.07, 6.45) is 0.844. The average Bonchev–Trinajstić information content (AvgIpc) is 3.21. The molecule has 2 aromatic carbocycles. The molecule has 0 aliphatic heterocycles. The van der Waals surface area contributed by atoms with E-state index in [2.05, 4.69) is 4.98 Å². The molecule has 3 aromatic rings. The van der Waals surface area contributed by atoms with Crippen LogP contribution in [0.3, 0.4) is 0 Å². The number of hydrogen-bond acceptors (Lipinski definition) is 5. The molecule has 30 heavy (non-hydrogen) atoms. The van der Waals surface area contributed by atoms with Crippen molar-refractivity contribution >= 4 is 33.4 Å². The first kappa shape index (κ1) is 22.0. The smallest absolute Gasteiger partial charge is 0.314 e. The van der Waals surface area contributed by atoms with Gasteiger partial charge < -0.3 is 9.64 Å². The van der Waals surface area contributed by atoms with E-state index in [1.165, 1.54) is 0 Å². The Morgan fingerprint density at radius 1 is 1.07 bits per heavy atom. The Morgan fingerprint density at radius 2 is 1.73 bits per heavy atom. The van der Waals surface area contributed by atoms with Crippen molar-refractivity contribution in [3.8, 4) is 0 Å². The van der Waals surface area contributed by atoms with Gasteiger partial charge in [0.2, 0.25) is 0 Å². The van der Waals surface area contributed by atoms with E-state index in [1.54, 1.807) is 23.3 Å². The van der Waals surface area contributed by atoms with Crippen LogP contribution in [0.25, 0.3) is 10.2 Å². The Kier molecular flexibility index (Phi) is 7.21. The minimum atomic E-state index is -0.379. The topological polar surface area (TPSA) is 59.5 Å². The van der Waals surface area contributed by atoms with Gasteiger partial charge in [-0.1, -0.05) is 62.7 Å². The van der Waals surface area contributed by atoms with Crippen LogP contribution in [0, 0.1) is 5.92 Å². The molecular formula is C24H28N2O3S. The zero-order valence-electron chi connectivity index (χ0n) is 17.9. The summed E-state index contributed by atoms with van der Waals surface area (Å²) >= 11 is 1.57. The standard InChI is InChI=1S/C24H28N2O3S/c1-5-16(2)22(18-11-7-6-8-12-18)24(28)29-15-21(27)26(4)17(3)23-25-19-13-9-10-14-20(19)30-23/h6-14,16-17,22H,5,15H2,1-4H3/t16-,17+,22+/m1/s1. The molecule has 0 aliphatic carbocycles. The van der Waals surface area contributed by atoms with Gasteiger partial charge in [-0.2, -0.15) is 0 Å². The van der Waals surface area contributed by atoms with Gasteiger partial charge in [-0.15, -0.1) is 11.3 Å². The summed E-state index contributed by atoms with van der Waals surface area (Å²) < 4.78 is 6.55. The second-order valence-corrected chi connectivity index (χ2v) is 8.64. The van der Waals surface area contributed by atoms with Crippen LogP contribution >= 0.6 is 11.3 Å². The van der Waals surface area contributed by atoms with Gasteiger partial charge in [0, 0.05) is 7.05 Å². The Labute approximate surface area is 181 Å². The maximum absolute atomic E-state index is 12.8. The number of para-hydroxylation sites is 1. The van der Waals surface area contributed by atoms with Crippen molar-refractivity contribution in [1.82, 2.24) is 9.88 Å². The Bertz CT molecular complexity index is 969. The fraction of sp³-hybridized carbons (Fsp3) is 0.375. The molecule has 0 fully saturated rings. The number of ether oxygens (including phenoxy) is 1. The molecule has 0 saturated carbocycles. The van der Waals surface area contributed by atoms with Crippen LogP contribution < -0.4 is 0 Å². The predicted molar refractivity (Wildman–Crippen MR) is 120 cm³/mol. The molecule has 0 radical (unpaired) electrons. The summed E-state index contributed by atoms with van der Waals surface area (Å²) in [5, 5.41) is 0.861. The minimum Gasteiger partial charge on any atom is -0.455 e. The van der Waals surface area contributed by atoms with Crippen molar-refractivity contribution in [3.05, 3.63) is 65.2 Å². The Balaban J connectivity index is 1.64. The maximum Gasteiger partial charge on any atom is 0.314 e. The van der Waals surface area contributed by atoms with Crippen molar-refractivity contribution in [1.29, 1.82) is 0 Å².